The predicted molar refractivity (Wildman–Crippen MR) is 91.3 cm³/mol. The fourth-order valence-electron chi connectivity index (χ4n) is 3.31. The van der Waals surface area contributed by atoms with Gasteiger partial charge in [-0.2, -0.15) is 5.10 Å². The van der Waals surface area contributed by atoms with Gasteiger partial charge in [-0.1, -0.05) is 43.7 Å². The molecule has 3 rings (SSSR count). The number of hydrogen-bond donors (Lipinski definition) is 1. The molecule has 1 amide bonds. The van der Waals surface area contributed by atoms with Gasteiger partial charge in [-0.05, 0) is 43.7 Å². The molecule has 0 spiro atoms. The summed E-state index contributed by atoms with van der Waals surface area (Å²) < 4.78 is 0. The van der Waals surface area contributed by atoms with E-state index in [1.165, 1.54) is 11.1 Å². The molecule has 4 nitrogen and oxygen atoms in total. The van der Waals surface area contributed by atoms with Crippen molar-refractivity contribution in [3.8, 4) is 0 Å². The minimum Gasteiger partial charge on any atom is -0.330 e. The summed E-state index contributed by atoms with van der Waals surface area (Å²) in [4.78, 5) is 14.8. The second kappa shape index (κ2) is 6.57. The van der Waals surface area contributed by atoms with Crippen molar-refractivity contribution in [3.05, 3.63) is 52.8 Å². The lowest BCUT2D eigenvalue weighted by Crippen LogP contribution is -2.30. The molecule has 122 valence electrons. The van der Waals surface area contributed by atoms with Gasteiger partial charge < -0.3 is 4.90 Å². The number of benzene rings is 1. The lowest BCUT2D eigenvalue weighted by atomic mass is 10.0. The first-order valence-electron chi connectivity index (χ1n) is 8.46. The van der Waals surface area contributed by atoms with Gasteiger partial charge in [0.25, 0.3) is 5.91 Å². The smallest absolute Gasteiger partial charge is 0.274 e. The van der Waals surface area contributed by atoms with Crippen molar-refractivity contribution in [1.82, 2.24) is 15.1 Å². The first-order chi connectivity index (χ1) is 11.0. The van der Waals surface area contributed by atoms with E-state index in [-0.39, 0.29) is 11.9 Å². The van der Waals surface area contributed by atoms with E-state index in [1.807, 2.05) is 11.0 Å². The van der Waals surface area contributed by atoms with Crippen LogP contribution < -0.4 is 0 Å². The fourth-order valence-corrected chi connectivity index (χ4v) is 3.31. The number of H-pyrrole nitrogens is 1. The van der Waals surface area contributed by atoms with Crippen LogP contribution in [-0.2, 0) is 6.42 Å². The van der Waals surface area contributed by atoms with E-state index >= 15 is 0 Å². The number of hydrogen-bond acceptors (Lipinski definition) is 2. The molecule has 4 heteroatoms. The van der Waals surface area contributed by atoms with Crippen molar-refractivity contribution in [2.75, 3.05) is 6.54 Å². The molecule has 0 radical (unpaired) electrons. The summed E-state index contributed by atoms with van der Waals surface area (Å²) in [5, 5.41) is 7.25. The van der Waals surface area contributed by atoms with Crippen molar-refractivity contribution >= 4 is 5.91 Å². The minimum absolute atomic E-state index is 0.0410. The van der Waals surface area contributed by atoms with E-state index in [1.54, 1.807) is 0 Å². The Labute approximate surface area is 137 Å². The third-order valence-electron chi connectivity index (χ3n) is 4.45. The third kappa shape index (κ3) is 3.46. The number of carbonyl (C=O) groups is 1. The molecule has 1 N–H and O–H groups in total. The van der Waals surface area contributed by atoms with E-state index in [4.69, 9.17) is 0 Å². The standard InChI is InChI=1S/C19H25N3O/c1-13(2)11-16-12-17(21-20-16)19(23)22-10-4-5-18(22)15-8-6-14(3)7-9-15/h6-9,12-13,18H,4-5,10-11H2,1-3H3,(H,20,21). The van der Waals surface area contributed by atoms with E-state index in [2.05, 4.69) is 55.2 Å². The molecule has 1 aliphatic heterocycles. The highest BCUT2D eigenvalue weighted by Crippen LogP contribution is 2.33. The van der Waals surface area contributed by atoms with E-state index in [0.29, 0.717) is 11.6 Å². The van der Waals surface area contributed by atoms with E-state index < -0.39 is 0 Å². The van der Waals surface area contributed by atoms with Crippen LogP contribution in [0.2, 0.25) is 0 Å². The minimum atomic E-state index is 0.0410. The first kappa shape index (κ1) is 15.8. The maximum atomic E-state index is 12.8. The molecule has 1 aromatic heterocycles. The van der Waals surface area contributed by atoms with Crippen molar-refractivity contribution in [2.24, 2.45) is 5.92 Å². The summed E-state index contributed by atoms with van der Waals surface area (Å²) in [7, 11) is 0. The van der Waals surface area contributed by atoms with Gasteiger partial charge in [0.2, 0.25) is 0 Å². The Balaban J connectivity index is 1.77. The molecule has 1 aliphatic rings. The summed E-state index contributed by atoms with van der Waals surface area (Å²) in [6, 6.07) is 10.6. The van der Waals surface area contributed by atoms with Gasteiger partial charge in [0, 0.05) is 12.2 Å². The molecule has 1 aromatic carbocycles. The monoisotopic (exact) mass is 311 g/mol. The number of aromatic amines is 1. The Hall–Kier alpha value is -2.10. The van der Waals surface area contributed by atoms with Crippen LogP contribution in [0, 0.1) is 12.8 Å². The van der Waals surface area contributed by atoms with Crippen molar-refractivity contribution in [1.29, 1.82) is 0 Å². The summed E-state index contributed by atoms with van der Waals surface area (Å²) in [6.07, 6.45) is 2.99. The highest BCUT2D eigenvalue weighted by Gasteiger charge is 2.31. The number of nitrogens with one attached hydrogen (secondary N) is 1. The zero-order valence-electron chi connectivity index (χ0n) is 14.2. The largest absolute Gasteiger partial charge is 0.330 e. The average Bonchev–Trinajstić information content (AvgIpc) is 3.16. The second-order valence-electron chi connectivity index (χ2n) is 6.94. The molecule has 2 heterocycles. The van der Waals surface area contributed by atoms with Crippen LogP contribution in [0.15, 0.2) is 30.3 Å². The van der Waals surface area contributed by atoms with Crippen molar-refractivity contribution in [3.63, 3.8) is 0 Å². The second-order valence-corrected chi connectivity index (χ2v) is 6.94. The van der Waals surface area contributed by atoms with Gasteiger partial charge in [0.05, 0.1) is 6.04 Å². The summed E-state index contributed by atoms with van der Waals surface area (Å²) in [5.74, 6) is 0.588. The fraction of sp³-hybridized carbons (Fsp3) is 0.474. The lowest BCUT2D eigenvalue weighted by Gasteiger charge is -2.24. The molecule has 0 bridgehead atoms. The molecule has 1 fully saturated rings. The van der Waals surface area contributed by atoms with Crippen LogP contribution in [0.25, 0.3) is 0 Å². The average molecular weight is 311 g/mol. The Kier molecular flexibility index (Phi) is 4.51. The van der Waals surface area contributed by atoms with Crippen LogP contribution in [-0.4, -0.2) is 27.5 Å². The number of rotatable bonds is 4. The molecular formula is C19H25N3O. The number of nitrogens with zero attached hydrogens (tertiary/aromatic N) is 2. The maximum Gasteiger partial charge on any atom is 0.274 e. The zero-order chi connectivity index (χ0) is 16.4. The Morgan fingerprint density at radius 1 is 1.35 bits per heavy atom. The topological polar surface area (TPSA) is 49.0 Å². The van der Waals surface area contributed by atoms with Gasteiger partial charge in [-0.3, -0.25) is 9.89 Å². The van der Waals surface area contributed by atoms with Crippen LogP contribution >= 0.6 is 0 Å². The summed E-state index contributed by atoms with van der Waals surface area (Å²) in [5.41, 5.74) is 4.05. The number of aromatic nitrogens is 2. The number of likely N-dealkylation sites (tertiary alicyclic amines) is 1. The van der Waals surface area contributed by atoms with Crippen molar-refractivity contribution < 1.29 is 4.79 Å². The van der Waals surface area contributed by atoms with Gasteiger partial charge >= 0.3 is 0 Å². The lowest BCUT2D eigenvalue weighted by molar-refractivity contribution is 0.0729. The van der Waals surface area contributed by atoms with Gasteiger partial charge in [0.1, 0.15) is 5.69 Å². The zero-order valence-corrected chi connectivity index (χ0v) is 14.2. The first-order valence-corrected chi connectivity index (χ1v) is 8.46. The Bertz CT molecular complexity index is 672. The molecule has 1 unspecified atom stereocenters. The number of aryl methyl sites for hydroxylation is 1. The van der Waals surface area contributed by atoms with Gasteiger partial charge in [0.15, 0.2) is 0 Å². The highest BCUT2D eigenvalue weighted by molar-refractivity contribution is 5.92. The molecule has 1 saturated heterocycles. The molecule has 0 aliphatic carbocycles. The maximum absolute atomic E-state index is 12.8. The van der Waals surface area contributed by atoms with Crippen LogP contribution in [0.3, 0.4) is 0 Å². The molecular weight excluding hydrogens is 286 g/mol. The molecule has 1 atom stereocenters. The molecule has 23 heavy (non-hydrogen) atoms. The highest BCUT2D eigenvalue weighted by atomic mass is 16.2. The van der Waals surface area contributed by atoms with Crippen LogP contribution in [0.5, 0.6) is 0 Å². The van der Waals surface area contributed by atoms with Gasteiger partial charge in [-0.25, -0.2) is 0 Å². The normalized spacial score (nSPS) is 17.9. The summed E-state index contributed by atoms with van der Waals surface area (Å²) in [6.45, 7) is 7.22. The Morgan fingerprint density at radius 3 is 2.78 bits per heavy atom. The number of amides is 1. The van der Waals surface area contributed by atoms with Crippen LogP contribution in [0.1, 0.15) is 60.0 Å². The van der Waals surface area contributed by atoms with Crippen molar-refractivity contribution in [2.45, 2.75) is 46.1 Å². The molecule has 2 aromatic rings. The Morgan fingerprint density at radius 2 is 2.09 bits per heavy atom. The SMILES string of the molecule is Cc1ccc(C2CCCN2C(=O)c2cc(CC(C)C)[nH]n2)cc1. The van der Waals surface area contributed by atoms with E-state index in [0.717, 1.165) is 31.5 Å². The van der Waals surface area contributed by atoms with Gasteiger partial charge in [-0.15, -0.1) is 0 Å². The predicted octanol–water partition coefficient (Wildman–Crippen LogP) is 3.89. The quantitative estimate of drug-likeness (QED) is 0.931. The number of carbonyl (C=O) groups excluding carboxylic acids is 1. The molecule has 0 saturated carbocycles. The van der Waals surface area contributed by atoms with E-state index in [9.17, 15) is 4.79 Å². The van der Waals surface area contributed by atoms with Crippen LogP contribution in [0.4, 0.5) is 0 Å². The third-order valence-corrected chi connectivity index (χ3v) is 4.45. The summed E-state index contributed by atoms with van der Waals surface area (Å²) >= 11 is 0.